The van der Waals surface area contributed by atoms with E-state index in [1.165, 1.54) is 4.90 Å². The summed E-state index contributed by atoms with van der Waals surface area (Å²) in [6, 6.07) is 26.2. The first-order valence-corrected chi connectivity index (χ1v) is 14.3. The second-order valence-corrected chi connectivity index (χ2v) is 10.9. The number of benzene rings is 3. The lowest BCUT2D eigenvalue weighted by Crippen LogP contribution is -2.58. The van der Waals surface area contributed by atoms with Crippen LogP contribution in [0.1, 0.15) is 49.3 Å². The minimum Gasteiger partial charge on any atom is -0.445 e. The van der Waals surface area contributed by atoms with E-state index in [-0.39, 0.29) is 12.5 Å². The average Bonchev–Trinajstić information content (AvgIpc) is 3.50. The van der Waals surface area contributed by atoms with E-state index in [2.05, 4.69) is 10.6 Å². The number of ether oxygens (including phenoxy) is 1. The maximum Gasteiger partial charge on any atom is 0.475 e. The van der Waals surface area contributed by atoms with Gasteiger partial charge in [-0.25, -0.2) is 4.79 Å². The lowest BCUT2D eigenvalue weighted by atomic mass is 9.73. The molecule has 1 aliphatic rings. The molecule has 0 aromatic heterocycles. The predicted molar refractivity (Wildman–Crippen MR) is 160 cm³/mol. The Hall–Kier alpha value is -4.15. The van der Waals surface area contributed by atoms with Crippen molar-refractivity contribution < 1.29 is 29.2 Å². The zero-order valence-corrected chi connectivity index (χ0v) is 23.9. The van der Waals surface area contributed by atoms with Crippen LogP contribution in [0, 0.1) is 5.92 Å². The number of hydrogen-bond donors (Lipinski definition) is 4. The van der Waals surface area contributed by atoms with Crippen molar-refractivity contribution in [2.75, 3.05) is 6.54 Å². The normalized spacial score (nSPS) is 16.1. The van der Waals surface area contributed by atoms with Crippen molar-refractivity contribution >= 4 is 25.0 Å². The van der Waals surface area contributed by atoms with E-state index in [9.17, 15) is 24.4 Å². The van der Waals surface area contributed by atoms with Crippen molar-refractivity contribution in [1.82, 2.24) is 15.5 Å². The highest BCUT2D eigenvalue weighted by molar-refractivity contribution is 6.43. The largest absolute Gasteiger partial charge is 0.475 e. The third-order valence-electron chi connectivity index (χ3n) is 7.59. The van der Waals surface area contributed by atoms with Crippen molar-refractivity contribution in [1.29, 1.82) is 0 Å². The quantitative estimate of drug-likeness (QED) is 0.262. The first-order valence-electron chi connectivity index (χ1n) is 14.3. The lowest BCUT2D eigenvalue weighted by molar-refractivity contribution is -0.140. The highest BCUT2D eigenvalue weighted by Crippen LogP contribution is 2.31. The Bertz CT molecular complexity index is 1260. The Morgan fingerprint density at radius 1 is 0.881 bits per heavy atom. The monoisotopic (exact) mass is 571 g/mol. The van der Waals surface area contributed by atoms with Gasteiger partial charge in [0, 0.05) is 12.5 Å². The molecule has 4 N–H and O–H groups in total. The molecule has 1 heterocycles. The molecule has 0 aliphatic carbocycles. The minimum atomic E-state index is -1.74. The number of hydrogen-bond acceptors (Lipinski definition) is 6. The van der Waals surface area contributed by atoms with Crippen LogP contribution in [-0.4, -0.2) is 64.5 Å². The SMILES string of the molecule is CC(C)[C@H](NC(=O)[C@@H]1CCCN1C(=O)[C@H](NC(=O)OCc1ccccc1)C(c1ccccc1)c1ccccc1)B(O)O. The van der Waals surface area contributed by atoms with Gasteiger partial charge in [-0.1, -0.05) is 105 Å². The van der Waals surface area contributed by atoms with Crippen LogP contribution in [0.15, 0.2) is 91.0 Å². The maximum atomic E-state index is 14.4. The van der Waals surface area contributed by atoms with Crippen molar-refractivity contribution in [3.63, 3.8) is 0 Å². The molecule has 0 radical (unpaired) electrons. The molecule has 9 nitrogen and oxygen atoms in total. The number of carbonyl (C=O) groups is 3. The first-order chi connectivity index (χ1) is 20.3. The second kappa shape index (κ2) is 14.7. The van der Waals surface area contributed by atoms with Crippen LogP contribution in [-0.2, 0) is 20.9 Å². The van der Waals surface area contributed by atoms with Crippen LogP contribution >= 0.6 is 0 Å². The molecular weight excluding hydrogens is 533 g/mol. The average molecular weight is 571 g/mol. The van der Waals surface area contributed by atoms with Gasteiger partial charge < -0.3 is 30.3 Å². The summed E-state index contributed by atoms with van der Waals surface area (Å²) in [7, 11) is -1.74. The summed E-state index contributed by atoms with van der Waals surface area (Å²) >= 11 is 0. The zero-order valence-electron chi connectivity index (χ0n) is 23.9. The summed E-state index contributed by atoms with van der Waals surface area (Å²) < 4.78 is 5.52. The molecule has 3 aromatic carbocycles. The topological polar surface area (TPSA) is 128 Å². The highest BCUT2D eigenvalue weighted by atomic mass is 16.5. The van der Waals surface area contributed by atoms with Crippen LogP contribution in [0.2, 0.25) is 0 Å². The maximum absolute atomic E-state index is 14.4. The predicted octanol–water partition coefficient (Wildman–Crippen LogP) is 3.26. The van der Waals surface area contributed by atoms with Gasteiger partial charge in [0.05, 0.1) is 5.94 Å². The Morgan fingerprint density at radius 2 is 1.43 bits per heavy atom. The first kappa shape index (κ1) is 30.8. The van der Waals surface area contributed by atoms with E-state index >= 15 is 0 Å². The van der Waals surface area contributed by atoms with Crippen LogP contribution in [0.4, 0.5) is 4.79 Å². The molecule has 3 atom stereocenters. The second-order valence-electron chi connectivity index (χ2n) is 10.9. The fourth-order valence-electron chi connectivity index (χ4n) is 5.41. The number of amides is 3. The summed E-state index contributed by atoms with van der Waals surface area (Å²) in [6.45, 7) is 3.89. The molecule has 10 heteroatoms. The molecule has 3 aromatic rings. The standard InChI is InChI=1S/C32H38BN3O6/c1-22(2)29(33(40)41)35-30(37)26-19-12-20-36(26)31(38)28(34-32(39)42-21-23-13-6-3-7-14-23)27(24-15-8-4-9-16-24)25-17-10-5-11-18-25/h3-11,13-18,22,26-29,40-41H,12,19-21H2,1-2H3,(H,34,39)(H,35,37)/t26-,28+,29-/m0/s1. The zero-order chi connectivity index (χ0) is 30.1. The number of alkyl carbamates (subject to hydrolysis) is 1. The summed E-state index contributed by atoms with van der Waals surface area (Å²) in [5, 5.41) is 25.1. The van der Waals surface area contributed by atoms with Crippen molar-refractivity contribution in [3.05, 3.63) is 108 Å². The molecule has 42 heavy (non-hydrogen) atoms. The molecule has 220 valence electrons. The van der Waals surface area contributed by atoms with Gasteiger partial charge in [-0.3, -0.25) is 9.59 Å². The summed E-state index contributed by atoms with van der Waals surface area (Å²) in [5.74, 6) is -2.59. The Morgan fingerprint density at radius 3 is 1.95 bits per heavy atom. The Kier molecular flexibility index (Phi) is 10.8. The smallest absolute Gasteiger partial charge is 0.445 e. The summed E-state index contributed by atoms with van der Waals surface area (Å²) in [6.07, 6.45) is 0.249. The van der Waals surface area contributed by atoms with Crippen LogP contribution in [0.3, 0.4) is 0 Å². The van der Waals surface area contributed by atoms with Crippen molar-refractivity contribution in [3.8, 4) is 0 Å². The van der Waals surface area contributed by atoms with Crippen LogP contribution < -0.4 is 10.6 Å². The van der Waals surface area contributed by atoms with Crippen LogP contribution in [0.5, 0.6) is 0 Å². The Balaban J connectivity index is 1.65. The number of carbonyl (C=O) groups excluding carboxylic acids is 3. The molecule has 3 amide bonds. The molecular formula is C32H38BN3O6. The summed E-state index contributed by atoms with van der Waals surface area (Å²) in [5.41, 5.74) is 2.43. The molecule has 4 rings (SSSR count). The van der Waals surface area contributed by atoms with Gasteiger partial charge >= 0.3 is 13.2 Å². The molecule has 0 spiro atoms. The molecule has 0 unspecified atom stereocenters. The number of rotatable bonds is 11. The third-order valence-corrected chi connectivity index (χ3v) is 7.59. The summed E-state index contributed by atoms with van der Waals surface area (Å²) in [4.78, 5) is 42.4. The van der Waals surface area contributed by atoms with E-state index in [0.29, 0.717) is 19.4 Å². The van der Waals surface area contributed by atoms with E-state index in [0.717, 1.165) is 16.7 Å². The van der Waals surface area contributed by atoms with E-state index < -0.39 is 49.0 Å². The fraction of sp³-hybridized carbons (Fsp3) is 0.344. The van der Waals surface area contributed by atoms with Crippen LogP contribution in [0.25, 0.3) is 0 Å². The third kappa shape index (κ3) is 7.77. The highest BCUT2D eigenvalue weighted by Gasteiger charge is 2.43. The molecule has 0 bridgehead atoms. The van der Waals surface area contributed by atoms with Gasteiger partial charge in [0.15, 0.2) is 0 Å². The number of nitrogens with zero attached hydrogens (tertiary/aromatic N) is 1. The Labute approximate surface area is 247 Å². The van der Waals surface area contributed by atoms with E-state index in [1.54, 1.807) is 13.8 Å². The molecule has 1 aliphatic heterocycles. The van der Waals surface area contributed by atoms with E-state index in [1.807, 2.05) is 91.0 Å². The molecule has 1 fully saturated rings. The number of nitrogens with one attached hydrogen (secondary N) is 2. The van der Waals surface area contributed by atoms with Gasteiger partial charge in [-0.2, -0.15) is 0 Å². The lowest BCUT2D eigenvalue weighted by Gasteiger charge is -2.34. The molecule has 1 saturated heterocycles. The number of likely N-dealkylation sites (tertiary alicyclic amines) is 1. The van der Waals surface area contributed by atoms with Crippen molar-refractivity contribution in [2.24, 2.45) is 5.92 Å². The molecule has 0 saturated carbocycles. The van der Waals surface area contributed by atoms with Gasteiger partial charge in [-0.05, 0) is 35.4 Å². The van der Waals surface area contributed by atoms with E-state index in [4.69, 9.17) is 4.74 Å². The minimum absolute atomic E-state index is 0.0315. The van der Waals surface area contributed by atoms with Crippen molar-refractivity contribution in [2.45, 2.75) is 57.2 Å². The van der Waals surface area contributed by atoms with Gasteiger partial charge in [-0.15, -0.1) is 0 Å². The van der Waals surface area contributed by atoms with Gasteiger partial charge in [0.25, 0.3) is 0 Å². The fourth-order valence-corrected chi connectivity index (χ4v) is 5.41. The van der Waals surface area contributed by atoms with Gasteiger partial charge in [0.1, 0.15) is 18.7 Å². The van der Waals surface area contributed by atoms with Gasteiger partial charge in [0.2, 0.25) is 11.8 Å².